The molecule has 0 aromatic carbocycles. The zero-order valence-electron chi connectivity index (χ0n) is 12.0. The molecular weight excluding hydrogens is 242 g/mol. The number of hydrogen-bond donors (Lipinski definition) is 2. The normalized spacial score (nSPS) is 28.6. The SMILES string of the molecule is CCNC1(c2nc(C)c(C)s2)CCNCC1CC. The molecule has 0 radical (unpaired) electrons. The molecule has 2 N–H and O–H groups in total. The highest BCUT2D eigenvalue weighted by Gasteiger charge is 2.43. The first kappa shape index (κ1) is 14.0. The highest BCUT2D eigenvalue weighted by atomic mass is 32.1. The first-order chi connectivity index (χ1) is 8.64. The smallest absolute Gasteiger partial charge is 0.114 e. The predicted molar refractivity (Wildman–Crippen MR) is 78.2 cm³/mol. The standard InChI is InChI=1S/C14H25N3S/c1-5-12-9-15-8-7-14(12,16-6-2)13-17-10(3)11(4)18-13/h12,15-16H,5-9H2,1-4H3. The average molecular weight is 267 g/mol. The molecule has 0 saturated carbocycles. The summed E-state index contributed by atoms with van der Waals surface area (Å²) in [5, 5.41) is 8.59. The first-order valence-electron chi connectivity index (χ1n) is 7.04. The molecule has 1 aromatic heterocycles. The van der Waals surface area contributed by atoms with Gasteiger partial charge in [0.25, 0.3) is 0 Å². The van der Waals surface area contributed by atoms with Crippen LogP contribution in [-0.4, -0.2) is 24.6 Å². The minimum Gasteiger partial charge on any atom is -0.316 e. The predicted octanol–water partition coefficient (Wildman–Crippen LogP) is 2.58. The number of aromatic nitrogens is 1. The number of aryl methyl sites for hydroxylation is 2. The zero-order chi connectivity index (χ0) is 13.2. The number of nitrogens with one attached hydrogen (secondary N) is 2. The quantitative estimate of drug-likeness (QED) is 0.880. The lowest BCUT2D eigenvalue weighted by Crippen LogP contribution is -2.56. The molecule has 1 aliphatic heterocycles. The molecule has 1 aromatic rings. The molecule has 0 aliphatic carbocycles. The van der Waals surface area contributed by atoms with Gasteiger partial charge in [0.05, 0.1) is 11.2 Å². The van der Waals surface area contributed by atoms with Gasteiger partial charge in [-0.1, -0.05) is 13.8 Å². The lowest BCUT2D eigenvalue weighted by molar-refractivity contribution is 0.151. The van der Waals surface area contributed by atoms with E-state index in [1.54, 1.807) is 0 Å². The van der Waals surface area contributed by atoms with Gasteiger partial charge in [-0.2, -0.15) is 0 Å². The summed E-state index contributed by atoms with van der Waals surface area (Å²) < 4.78 is 0. The van der Waals surface area contributed by atoms with Crippen molar-refractivity contribution in [2.75, 3.05) is 19.6 Å². The van der Waals surface area contributed by atoms with Gasteiger partial charge in [0.1, 0.15) is 5.01 Å². The van der Waals surface area contributed by atoms with Crippen molar-refractivity contribution >= 4 is 11.3 Å². The second kappa shape index (κ2) is 5.68. The number of piperidine rings is 1. The molecule has 2 heterocycles. The molecule has 4 heteroatoms. The van der Waals surface area contributed by atoms with Gasteiger partial charge in [0.2, 0.25) is 0 Å². The largest absolute Gasteiger partial charge is 0.316 e. The molecule has 18 heavy (non-hydrogen) atoms. The Morgan fingerprint density at radius 2 is 2.22 bits per heavy atom. The summed E-state index contributed by atoms with van der Waals surface area (Å²) in [6.45, 7) is 12.0. The highest BCUT2D eigenvalue weighted by molar-refractivity contribution is 7.11. The van der Waals surface area contributed by atoms with E-state index in [9.17, 15) is 0 Å². The fraction of sp³-hybridized carbons (Fsp3) is 0.786. The zero-order valence-corrected chi connectivity index (χ0v) is 12.8. The van der Waals surface area contributed by atoms with Crippen molar-refractivity contribution in [2.24, 2.45) is 5.92 Å². The van der Waals surface area contributed by atoms with Crippen molar-refractivity contribution in [2.45, 2.75) is 46.1 Å². The molecular formula is C14H25N3S. The molecule has 1 saturated heterocycles. The van der Waals surface area contributed by atoms with Gasteiger partial charge >= 0.3 is 0 Å². The van der Waals surface area contributed by atoms with E-state index < -0.39 is 0 Å². The van der Waals surface area contributed by atoms with E-state index >= 15 is 0 Å². The van der Waals surface area contributed by atoms with Crippen LogP contribution in [0.1, 0.15) is 42.3 Å². The van der Waals surface area contributed by atoms with Crippen molar-refractivity contribution in [3.8, 4) is 0 Å². The third kappa shape index (κ3) is 2.33. The van der Waals surface area contributed by atoms with Crippen molar-refractivity contribution < 1.29 is 0 Å². The third-order valence-electron chi connectivity index (χ3n) is 4.18. The molecule has 0 amide bonds. The maximum Gasteiger partial charge on any atom is 0.114 e. The number of nitrogens with zero attached hydrogens (tertiary/aromatic N) is 1. The second-order valence-corrected chi connectivity index (χ2v) is 6.42. The van der Waals surface area contributed by atoms with Crippen LogP contribution in [0.2, 0.25) is 0 Å². The van der Waals surface area contributed by atoms with Gasteiger partial charge in [0.15, 0.2) is 0 Å². The topological polar surface area (TPSA) is 37.0 Å². The summed E-state index contributed by atoms with van der Waals surface area (Å²) in [6.07, 6.45) is 2.34. The number of hydrogen-bond acceptors (Lipinski definition) is 4. The van der Waals surface area contributed by atoms with Crippen LogP contribution in [0.15, 0.2) is 0 Å². The molecule has 1 fully saturated rings. The van der Waals surface area contributed by atoms with Gasteiger partial charge in [-0.15, -0.1) is 11.3 Å². The lowest BCUT2D eigenvalue weighted by Gasteiger charge is -2.43. The van der Waals surface area contributed by atoms with Crippen LogP contribution in [-0.2, 0) is 5.54 Å². The maximum absolute atomic E-state index is 4.85. The van der Waals surface area contributed by atoms with E-state index in [4.69, 9.17) is 4.98 Å². The molecule has 2 atom stereocenters. The third-order valence-corrected chi connectivity index (χ3v) is 5.43. The molecule has 3 nitrogen and oxygen atoms in total. The minimum atomic E-state index is 0.0957. The fourth-order valence-electron chi connectivity index (χ4n) is 3.00. The molecule has 0 bridgehead atoms. The molecule has 102 valence electrons. The Labute approximate surface area is 114 Å². The summed E-state index contributed by atoms with van der Waals surface area (Å²) in [7, 11) is 0. The van der Waals surface area contributed by atoms with E-state index in [1.807, 2.05) is 11.3 Å². The average Bonchev–Trinajstić information content (AvgIpc) is 2.71. The van der Waals surface area contributed by atoms with E-state index in [0.29, 0.717) is 5.92 Å². The van der Waals surface area contributed by atoms with Crippen molar-refractivity contribution in [1.29, 1.82) is 0 Å². The minimum absolute atomic E-state index is 0.0957. The van der Waals surface area contributed by atoms with Crippen molar-refractivity contribution in [3.63, 3.8) is 0 Å². The van der Waals surface area contributed by atoms with E-state index in [-0.39, 0.29) is 5.54 Å². The van der Waals surface area contributed by atoms with Crippen LogP contribution in [0.5, 0.6) is 0 Å². The van der Waals surface area contributed by atoms with Crippen LogP contribution in [0.25, 0.3) is 0 Å². The molecule has 1 aliphatic rings. The summed E-state index contributed by atoms with van der Waals surface area (Å²) in [4.78, 5) is 6.21. The maximum atomic E-state index is 4.85. The van der Waals surface area contributed by atoms with Crippen molar-refractivity contribution in [3.05, 3.63) is 15.6 Å². The Hall–Kier alpha value is -0.450. The van der Waals surface area contributed by atoms with Crippen molar-refractivity contribution in [1.82, 2.24) is 15.6 Å². The van der Waals surface area contributed by atoms with E-state index in [2.05, 4.69) is 38.3 Å². The fourth-order valence-corrected chi connectivity index (χ4v) is 4.19. The van der Waals surface area contributed by atoms with Gasteiger partial charge in [-0.05, 0) is 45.7 Å². The van der Waals surface area contributed by atoms with Crippen LogP contribution < -0.4 is 10.6 Å². The Morgan fingerprint density at radius 3 is 2.78 bits per heavy atom. The lowest BCUT2D eigenvalue weighted by atomic mass is 9.77. The Bertz CT molecular complexity index is 378. The Balaban J connectivity index is 2.40. The van der Waals surface area contributed by atoms with E-state index in [1.165, 1.54) is 22.0 Å². The molecule has 2 rings (SSSR count). The Kier molecular flexibility index (Phi) is 4.41. The van der Waals surface area contributed by atoms with Crippen LogP contribution in [0.4, 0.5) is 0 Å². The van der Waals surface area contributed by atoms with Gasteiger partial charge in [-0.25, -0.2) is 4.98 Å². The molecule has 2 unspecified atom stereocenters. The van der Waals surface area contributed by atoms with Gasteiger partial charge < -0.3 is 10.6 Å². The molecule has 0 spiro atoms. The van der Waals surface area contributed by atoms with Gasteiger partial charge in [-0.3, -0.25) is 0 Å². The summed E-state index contributed by atoms with van der Waals surface area (Å²) in [5.41, 5.74) is 1.29. The number of thiazole rings is 1. The van der Waals surface area contributed by atoms with Gasteiger partial charge in [0, 0.05) is 11.4 Å². The van der Waals surface area contributed by atoms with Crippen LogP contribution in [0, 0.1) is 19.8 Å². The second-order valence-electron chi connectivity index (χ2n) is 5.22. The highest BCUT2D eigenvalue weighted by Crippen LogP contribution is 2.39. The summed E-state index contributed by atoms with van der Waals surface area (Å²) >= 11 is 1.88. The van der Waals surface area contributed by atoms with E-state index in [0.717, 1.165) is 26.1 Å². The Morgan fingerprint density at radius 1 is 1.44 bits per heavy atom. The monoisotopic (exact) mass is 267 g/mol. The number of rotatable bonds is 4. The van der Waals surface area contributed by atoms with Crippen LogP contribution >= 0.6 is 11.3 Å². The summed E-state index contributed by atoms with van der Waals surface area (Å²) in [5.74, 6) is 0.635. The summed E-state index contributed by atoms with van der Waals surface area (Å²) in [6, 6.07) is 0. The van der Waals surface area contributed by atoms with Crippen LogP contribution in [0.3, 0.4) is 0 Å². The first-order valence-corrected chi connectivity index (χ1v) is 7.86.